The van der Waals surface area contributed by atoms with Crippen LogP contribution in [0.4, 0.5) is 17.3 Å². The highest BCUT2D eigenvalue weighted by Gasteiger charge is 2.20. The first-order chi connectivity index (χ1) is 10.2. The van der Waals surface area contributed by atoms with Gasteiger partial charge in [0.05, 0.1) is 15.2 Å². The standard InChI is InChI=1S/C12H10O2S.BF4.N2/c13-15(14,11-7-3-1-4-8-11)12-9-5-2-6-10-12;2-1(3,4)5;1-2/h1-10H;;/q;-1;/p+1. The van der Waals surface area contributed by atoms with E-state index in [9.17, 15) is 25.7 Å². The average molecular weight is 334 g/mol. The molecule has 0 saturated carbocycles. The Morgan fingerprint density at radius 1 is 0.727 bits per heavy atom. The molecule has 10 heteroatoms. The molecular weight excluding hydrogens is 323 g/mol. The number of benzene rings is 2. The van der Waals surface area contributed by atoms with Crippen LogP contribution in [0.3, 0.4) is 0 Å². The molecule has 0 radical (unpaired) electrons. The first-order valence-electron chi connectivity index (χ1n) is 5.66. The number of hydrogen-bond donors (Lipinski definition) is 1. The maximum absolute atomic E-state index is 12.0. The number of diazo groups is 1. The third-order valence-electron chi connectivity index (χ3n) is 2.11. The molecule has 0 fully saturated rings. The quantitative estimate of drug-likeness (QED) is 0.519. The van der Waals surface area contributed by atoms with Crippen molar-refractivity contribution in [2.75, 3.05) is 0 Å². The zero-order valence-corrected chi connectivity index (χ0v) is 11.9. The highest BCUT2D eigenvalue weighted by Crippen LogP contribution is 2.19. The van der Waals surface area contributed by atoms with E-state index in [4.69, 9.17) is 10.8 Å². The number of sulfone groups is 1. The van der Waals surface area contributed by atoms with Gasteiger partial charge in [0.15, 0.2) is 0 Å². The van der Waals surface area contributed by atoms with Crippen LogP contribution in [-0.4, -0.2) is 15.7 Å². The van der Waals surface area contributed by atoms with E-state index in [1.807, 2.05) is 0 Å². The van der Waals surface area contributed by atoms with Crippen molar-refractivity contribution in [1.82, 2.24) is 0 Å². The van der Waals surface area contributed by atoms with Crippen LogP contribution >= 0.6 is 0 Å². The number of rotatable bonds is 2. The van der Waals surface area contributed by atoms with Gasteiger partial charge in [-0.3, -0.25) is 0 Å². The van der Waals surface area contributed by atoms with Gasteiger partial charge in [-0.25, -0.2) is 8.42 Å². The van der Waals surface area contributed by atoms with Crippen molar-refractivity contribution in [2.24, 2.45) is 0 Å². The zero-order chi connectivity index (χ0) is 17.2. The van der Waals surface area contributed by atoms with E-state index in [0.29, 0.717) is 9.79 Å². The third-order valence-corrected chi connectivity index (χ3v) is 3.89. The highest BCUT2D eigenvalue weighted by atomic mass is 32.2. The van der Waals surface area contributed by atoms with Gasteiger partial charge in [-0.2, -0.15) is 0 Å². The smallest absolute Gasteiger partial charge is 0.418 e. The molecule has 0 amide bonds. The van der Waals surface area contributed by atoms with E-state index in [2.05, 4.69) is 0 Å². The van der Waals surface area contributed by atoms with Gasteiger partial charge in [-0.05, 0) is 24.3 Å². The lowest BCUT2D eigenvalue weighted by molar-refractivity contribution is -0.175. The number of halogens is 4. The second-order valence-electron chi connectivity index (χ2n) is 3.62. The van der Waals surface area contributed by atoms with E-state index in [1.54, 1.807) is 60.7 Å². The van der Waals surface area contributed by atoms with Gasteiger partial charge >= 0.3 is 7.25 Å². The Kier molecular flexibility index (Phi) is 7.83. The minimum atomic E-state index is -6.00. The lowest BCUT2D eigenvalue weighted by Crippen LogP contribution is -2.11. The number of nitrogens with zero attached hydrogens (tertiary/aromatic N) is 1. The summed E-state index contributed by atoms with van der Waals surface area (Å²) in [6.45, 7) is 0. The van der Waals surface area contributed by atoms with Gasteiger partial charge < -0.3 is 17.3 Å². The van der Waals surface area contributed by atoms with Crippen LogP contribution in [0.1, 0.15) is 0 Å². The van der Waals surface area contributed by atoms with Crippen LogP contribution in [0.2, 0.25) is 0 Å². The summed E-state index contributed by atoms with van der Waals surface area (Å²) >= 11 is 0. The Morgan fingerprint density at radius 3 is 1.18 bits per heavy atom. The molecule has 0 aliphatic heterocycles. The van der Waals surface area contributed by atoms with Crippen LogP contribution < -0.4 is 5.39 Å². The number of hydrogen-bond acceptors (Lipinski definition) is 3. The summed E-state index contributed by atoms with van der Waals surface area (Å²) in [5, 5.41) is 11.0. The van der Waals surface area contributed by atoms with Crippen molar-refractivity contribution in [3.63, 3.8) is 0 Å². The van der Waals surface area contributed by atoms with Crippen molar-refractivity contribution in [3.8, 4) is 0 Å². The number of nitrogens with one attached hydrogen (secondary N) is 1. The maximum Gasteiger partial charge on any atom is 0.673 e. The predicted molar refractivity (Wildman–Crippen MR) is 71.2 cm³/mol. The van der Waals surface area contributed by atoms with Gasteiger partial charge in [0, 0.05) is 0 Å². The van der Waals surface area contributed by atoms with Crippen LogP contribution in [0.15, 0.2) is 70.5 Å². The fourth-order valence-electron chi connectivity index (χ4n) is 1.34. The van der Waals surface area contributed by atoms with E-state index in [0.717, 1.165) is 0 Å². The summed E-state index contributed by atoms with van der Waals surface area (Å²) in [7, 11) is -9.34. The molecule has 0 aromatic heterocycles. The first-order valence-corrected chi connectivity index (χ1v) is 7.14. The monoisotopic (exact) mass is 334 g/mol. The first kappa shape index (κ1) is 19.6. The minimum absolute atomic E-state index is 0.330. The van der Waals surface area contributed by atoms with Crippen molar-refractivity contribution in [1.29, 1.82) is 5.39 Å². The summed E-state index contributed by atoms with van der Waals surface area (Å²) in [4.78, 5) is 0.660. The minimum Gasteiger partial charge on any atom is -0.418 e. The largest absolute Gasteiger partial charge is 0.673 e. The average Bonchev–Trinajstić information content (AvgIpc) is 2.49. The van der Waals surface area contributed by atoms with Crippen molar-refractivity contribution in [2.45, 2.75) is 9.79 Å². The zero-order valence-electron chi connectivity index (χ0n) is 11.0. The van der Waals surface area contributed by atoms with Gasteiger partial charge in [0.25, 0.3) is 0 Å². The summed E-state index contributed by atoms with van der Waals surface area (Å²) in [5.74, 6) is 0. The van der Waals surface area contributed by atoms with Crippen LogP contribution in [0.5, 0.6) is 0 Å². The molecule has 1 N–H and O–H groups in total. The second-order valence-corrected chi connectivity index (χ2v) is 5.57. The molecule has 0 atom stereocenters. The second kappa shape index (κ2) is 8.79. The molecular formula is C12H11BF4N2O2S. The van der Waals surface area contributed by atoms with Crippen molar-refractivity contribution in [3.05, 3.63) is 60.7 Å². The van der Waals surface area contributed by atoms with Crippen molar-refractivity contribution >= 4 is 17.1 Å². The molecule has 2 rings (SSSR count). The molecule has 2 aromatic carbocycles. The molecule has 0 saturated heterocycles. The van der Waals surface area contributed by atoms with Crippen molar-refractivity contribution < 1.29 is 31.1 Å². The summed E-state index contributed by atoms with van der Waals surface area (Å²) in [6, 6.07) is 16.9. The molecule has 22 heavy (non-hydrogen) atoms. The molecule has 118 valence electrons. The Balaban J connectivity index is 0.000000540. The van der Waals surface area contributed by atoms with Crippen LogP contribution in [-0.2, 0) is 9.84 Å². The fourth-order valence-corrected chi connectivity index (χ4v) is 2.64. The Morgan fingerprint density at radius 2 is 0.955 bits per heavy atom. The lowest BCUT2D eigenvalue weighted by atomic mass is 10.3. The van der Waals surface area contributed by atoms with Crippen LogP contribution in [0.25, 0.3) is 0 Å². The Bertz CT molecular complexity index is 625. The molecule has 0 aliphatic carbocycles. The third kappa shape index (κ3) is 7.40. The van der Waals surface area contributed by atoms with E-state index < -0.39 is 17.1 Å². The lowest BCUT2D eigenvalue weighted by Gasteiger charge is -2.03. The summed E-state index contributed by atoms with van der Waals surface area (Å²) < 4.78 is 63.1. The SMILES string of the molecule is F[B-](F)(F)F.N#[NH+].O=S(=O)(c1ccccc1)c1ccccc1. The fraction of sp³-hybridized carbons (Fsp3) is 0. The predicted octanol–water partition coefficient (Wildman–Crippen LogP) is 2.10. The van der Waals surface area contributed by atoms with Gasteiger partial charge in [0.2, 0.25) is 15.2 Å². The summed E-state index contributed by atoms with van der Waals surface area (Å²) in [5.41, 5.74) is 0. The summed E-state index contributed by atoms with van der Waals surface area (Å²) in [6.07, 6.45) is 0. The van der Waals surface area contributed by atoms with E-state index in [-0.39, 0.29) is 0 Å². The van der Waals surface area contributed by atoms with Gasteiger partial charge in [0.1, 0.15) is 0 Å². The highest BCUT2D eigenvalue weighted by molar-refractivity contribution is 7.91. The van der Waals surface area contributed by atoms with E-state index >= 15 is 0 Å². The molecule has 0 unspecified atom stereocenters. The topological polar surface area (TPSA) is 81.7 Å². The van der Waals surface area contributed by atoms with E-state index in [1.165, 1.54) is 0 Å². The molecule has 0 aliphatic rings. The van der Waals surface area contributed by atoms with Gasteiger partial charge in [-0.1, -0.05) is 36.4 Å². The maximum atomic E-state index is 12.0. The Hall–Kier alpha value is -2.41. The van der Waals surface area contributed by atoms with Gasteiger partial charge in [-0.15, -0.1) is 0 Å². The molecule has 0 spiro atoms. The Labute approximate surface area is 124 Å². The van der Waals surface area contributed by atoms with Crippen LogP contribution in [0, 0.1) is 5.39 Å². The molecule has 0 heterocycles. The normalized spacial score (nSPS) is 10.5. The molecule has 4 nitrogen and oxygen atoms in total. The molecule has 0 bridgehead atoms. The molecule has 2 aromatic rings.